The molecular formula is C11H8BrFN2O2. The molecule has 0 unspecified atom stereocenters. The Balaban J connectivity index is 2.59. The highest BCUT2D eigenvalue weighted by Gasteiger charge is 2.16. The van der Waals surface area contributed by atoms with Gasteiger partial charge in [0.1, 0.15) is 17.1 Å². The lowest BCUT2D eigenvalue weighted by Crippen LogP contribution is -1.96. The molecule has 88 valence electrons. The summed E-state index contributed by atoms with van der Waals surface area (Å²) >= 11 is 3.05. The summed E-state index contributed by atoms with van der Waals surface area (Å²) in [7, 11) is 1.63. The standard InChI is InChI=1S/C11H8BrFN2O2/c1-15-5-7(11(16)17)10(14-15)6-2-3-9(13)8(12)4-6/h2-5H,1H3,(H,16,17). The van der Waals surface area contributed by atoms with Gasteiger partial charge in [-0.15, -0.1) is 0 Å². The van der Waals surface area contributed by atoms with Crippen molar-refractivity contribution < 1.29 is 14.3 Å². The molecular weight excluding hydrogens is 291 g/mol. The van der Waals surface area contributed by atoms with Crippen molar-refractivity contribution in [3.63, 3.8) is 0 Å². The second-order valence-corrected chi connectivity index (χ2v) is 4.35. The minimum Gasteiger partial charge on any atom is -0.478 e. The summed E-state index contributed by atoms with van der Waals surface area (Å²) in [5, 5.41) is 13.1. The zero-order valence-electron chi connectivity index (χ0n) is 8.82. The highest BCUT2D eigenvalue weighted by molar-refractivity contribution is 9.10. The highest BCUT2D eigenvalue weighted by Crippen LogP contribution is 2.26. The molecule has 2 rings (SSSR count). The van der Waals surface area contributed by atoms with E-state index in [2.05, 4.69) is 21.0 Å². The molecule has 0 saturated heterocycles. The molecule has 0 amide bonds. The van der Waals surface area contributed by atoms with Crippen LogP contribution in [-0.2, 0) is 7.05 Å². The van der Waals surface area contributed by atoms with E-state index in [1.54, 1.807) is 7.05 Å². The molecule has 1 aromatic carbocycles. The van der Waals surface area contributed by atoms with E-state index in [-0.39, 0.29) is 10.0 Å². The van der Waals surface area contributed by atoms with Crippen LogP contribution in [0.3, 0.4) is 0 Å². The van der Waals surface area contributed by atoms with Crippen LogP contribution in [0.5, 0.6) is 0 Å². The van der Waals surface area contributed by atoms with E-state index < -0.39 is 11.8 Å². The van der Waals surface area contributed by atoms with Gasteiger partial charge in [0.05, 0.1) is 4.47 Å². The van der Waals surface area contributed by atoms with Crippen molar-refractivity contribution in [2.75, 3.05) is 0 Å². The molecule has 0 bridgehead atoms. The molecule has 1 heterocycles. The Hall–Kier alpha value is -1.69. The number of rotatable bonds is 2. The zero-order chi connectivity index (χ0) is 12.6. The minimum atomic E-state index is -1.06. The number of carboxylic acid groups (broad SMARTS) is 1. The highest BCUT2D eigenvalue weighted by atomic mass is 79.9. The van der Waals surface area contributed by atoms with Crippen LogP contribution in [0.1, 0.15) is 10.4 Å². The predicted molar refractivity (Wildman–Crippen MR) is 63.3 cm³/mol. The third-order valence-electron chi connectivity index (χ3n) is 2.25. The Morgan fingerprint density at radius 1 is 1.53 bits per heavy atom. The number of nitrogens with zero attached hydrogens (tertiary/aromatic N) is 2. The van der Waals surface area contributed by atoms with Gasteiger partial charge in [0.15, 0.2) is 0 Å². The van der Waals surface area contributed by atoms with Crippen LogP contribution in [0.15, 0.2) is 28.9 Å². The molecule has 0 atom stereocenters. The normalized spacial score (nSPS) is 10.5. The van der Waals surface area contributed by atoms with Gasteiger partial charge in [-0.1, -0.05) is 0 Å². The van der Waals surface area contributed by atoms with Gasteiger partial charge in [0.2, 0.25) is 0 Å². The number of halogens is 2. The van der Waals surface area contributed by atoms with E-state index in [0.717, 1.165) is 0 Å². The quantitative estimate of drug-likeness (QED) is 0.927. The van der Waals surface area contributed by atoms with Crippen molar-refractivity contribution in [2.24, 2.45) is 7.05 Å². The van der Waals surface area contributed by atoms with E-state index >= 15 is 0 Å². The summed E-state index contributed by atoms with van der Waals surface area (Å²) < 4.78 is 14.8. The van der Waals surface area contributed by atoms with Crippen molar-refractivity contribution in [2.45, 2.75) is 0 Å². The number of aromatic nitrogens is 2. The molecule has 4 nitrogen and oxygen atoms in total. The maximum Gasteiger partial charge on any atom is 0.339 e. The molecule has 0 aliphatic rings. The van der Waals surface area contributed by atoms with Crippen molar-refractivity contribution in [3.8, 4) is 11.3 Å². The summed E-state index contributed by atoms with van der Waals surface area (Å²) in [5.74, 6) is -1.46. The van der Waals surface area contributed by atoms with E-state index in [1.165, 1.54) is 29.1 Å². The van der Waals surface area contributed by atoms with Crippen LogP contribution in [0.25, 0.3) is 11.3 Å². The molecule has 0 aliphatic heterocycles. The van der Waals surface area contributed by atoms with Crippen molar-refractivity contribution in [1.29, 1.82) is 0 Å². The van der Waals surface area contributed by atoms with E-state index in [0.29, 0.717) is 11.3 Å². The maximum atomic E-state index is 13.1. The lowest BCUT2D eigenvalue weighted by Gasteiger charge is -2.00. The fourth-order valence-electron chi connectivity index (χ4n) is 1.50. The zero-order valence-corrected chi connectivity index (χ0v) is 10.4. The first-order chi connectivity index (χ1) is 7.99. The molecule has 17 heavy (non-hydrogen) atoms. The third kappa shape index (κ3) is 2.21. The smallest absolute Gasteiger partial charge is 0.339 e. The van der Waals surface area contributed by atoms with E-state index in [4.69, 9.17) is 5.11 Å². The van der Waals surface area contributed by atoms with Crippen LogP contribution in [0.4, 0.5) is 4.39 Å². The number of hydrogen-bond acceptors (Lipinski definition) is 2. The minimum absolute atomic E-state index is 0.0889. The Labute approximate surface area is 105 Å². The summed E-state index contributed by atoms with van der Waals surface area (Å²) in [6, 6.07) is 4.26. The molecule has 0 spiro atoms. The summed E-state index contributed by atoms with van der Waals surface area (Å²) in [5.41, 5.74) is 0.961. The van der Waals surface area contributed by atoms with Crippen LogP contribution in [-0.4, -0.2) is 20.9 Å². The molecule has 6 heteroatoms. The molecule has 2 aromatic rings. The van der Waals surface area contributed by atoms with Gasteiger partial charge in [0, 0.05) is 18.8 Å². The van der Waals surface area contributed by atoms with E-state index in [1.807, 2.05) is 0 Å². The van der Waals surface area contributed by atoms with Gasteiger partial charge in [-0.3, -0.25) is 4.68 Å². The Kier molecular flexibility index (Phi) is 2.97. The number of benzene rings is 1. The van der Waals surface area contributed by atoms with Crippen molar-refractivity contribution in [1.82, 2.24) is 9.78 Å². The van der Waals surface area contributed by atoms with Gasteiger partial charge < -0.3 is 5.11 Å². The summed E-state index contributed by atoms with van der Waals surface area (Å²) in [6.45, 7) is 0. The monoisotopic (exact) mass is 298 g/mol. The lowest BCUT2D eigenvalue weighted by molar-refractivity contribution is 0.0697. The number of carbonyl (C=O) groups is 1. The first-order valence-electron chi connectivity index (χ1n) is 4.71. The van der Waals surface area contributed by atoms with Crippen molar-refractivity contribution >= 4 is 21.9 Å². The number of carboxylic acids is 1. The molecule has 1 N–H and O–H groups in total. The largest absolute Gasteiger partial charge is 0.478 e. The first kappa shape index (κ1) is 11.8. The fraction of sp³-hybridized carbons (Fsp3) is 0.0909. The molecule has 0 saturated carbocycles. The van der Waals surface area contributed by atoms with Gasteiger partial charge in [-0.25, -0.2) is 9.18 Å². The van der Waals surface area contributed by atoms with Crippen LogP contribution < -0.4 is 0 Å². The number of aryl methyl sites for hydroxylation is 1. The van der Waals surface area contributed by atoms with Gasteiger partial charge >= 0.3 is 5.97 Å². The lowest BCUT2D eigenvalue weighted by atomic mass is 10.1. The predicted octanol–water partition coefficient (Wildman–Crippen LogP) is 2.69. The maximum absolute atomic E-state index is 13.1. The van der Waals surface area contributed by atoms with Crippen LogP contribution in [0, 0.1) is 5.82 Å². The van der Waals surface area contributed by atoms with E-state index in [9.17, 15) is 9.18 Å². The average Bonchev–Trinajstić information content (AvgIpc) is 2.64. The second-order valence-electron chi connectivity index (χ2n) is 3.50. The first-order valence-corrected chi connectivity index (χ1v) is 5.50. The number of aromatic carboxylic acids is 1. The van der Waals surface area contributed by atoms with Crippen LogP contribution >= 0.6 is 15.9 Å². The molecule has 0 radical (unpaired) electrons. The third-order valence-corrected chi connectivity index (χ3v) is 2.86. The van der Waals surface area contributed by atoms with Gasteiger partial charge in [-0.05, 0) is 34.1 Å². The number of hydrogen-bond donors (Lipinski definition) is 1. The summed E-state index contributed by atoms with van der Waals surface area (Å²) in [6.07, 6.45) is 1.41. The fourth-order valence-corrected chi connectivity index (χ4v) is 1.88. The Morgan fingerprint density at radius 2 is 2.24 bits per heavy atom. The van der Waals surface area contributed by atoms with Gasteiger partial charge in [-0.2, -0.15) is 5.10 Å². The molecule has 0 fully saturated rings. The average molecular weight is 299 g/mol. The Morgan fingerprint density at radius 3 is 2.82 bits per heavy atom. The summed E-state index contributed by atoms with van der Waals surface area (Å²) in [4.78, 5) is 11.0. The topological polar surface area (TPSA) is 55.1 Å². The SMILES string of the molecule is Cn1cc(C(=O)O)c(-c2ccc(F)c(Br)c2)n1. The van der Waals surface area contributed by atoms with Crippen molar-refractivity contribution in [3.05, 3.63) is 40.2 Å². The second kappa shape index (κ2) is 4.29. The molecule has 0 aliphatic carbocycles. The Bertz CT molecular complexity index is 595. The van der Waals surface area contributed by atoms with Gasteiger partial charge in [0.25, 0.3) is 0 Å². The van der Waals surface area contributed by atoms with Crippen LogP contribution in [0.2, 0.25) is 0 Å². The molecule has 1 aromatic heterocycles.